The van der Waals surface area contributed by atoms with Crippen LogP contribution in [-0.4, -0.2) is 19.0 Å². The number of nitrogens with one attached hydrogen (secondary N) is 2. The summed E-state index contributed by atoms with van der Waals surface area (Å²) >= 11 is 0. The second-order valence-electron chi connectivity index (χ2n) is 6.13. The monoisotopic (exact) mass is 262 g/mol. The maximum atomic E-state index is 11.7. The second-order valence-corrected chi connectivity index (χ2v) is 6.13. The van der Waals surface area contributed by atoms with E-state index >= 15 is 0 Å². The highest BCUT2D eigenvalue weighted by Gasteiger charge is 2.10. The molecule has 1 aromatic rings. The van der Waals surface area contributed by atoms with Crippen LogP contribution in [0.3, 0.4) is 0 Å². The molecule has 0 saturated carbocycles. The van der Waals surface area contributed by atoms with Gasteiger partial charge in [-0.1, -0.05) is 20.8 Å². The molecule has 0 radical (unpaired) electrons. The van der Waals surface area contributed by atoms with Gasteiger partial charge in [-0.15, -0.1) is 0 Å². The van der Waals surface area contributed by atoms with E-state index in [2.05, 4.69) is 31.4 Å². The van der Waals surface area contributed by atoms with Crippen molar-refractivity contribution < 1.29 is 4.79 Å². The molecule has 0 atom stereocenters. The van der Waals surface area contributed by atoms with E-state index in [1.165, 1.54) is 0 Å². The van der Waals surface area contributed by atoms with Gasteiger partial charge in [-0.25, -0.2) is 0 Å². The molecule has 106 valence electrons. The minimum absolute atomic E-state index is 0.00755. The van der Waals surface area contributed by atoms with E-state index in [0.717, 1.165) is 29.8 Å². The molecule has 3 nitrogen and oxygen atoms in total. The summed E-state index contributed by atoms with van der Waals surface area (Å²) in [7, 11) is 0. The standard InChI is InChI=1S/C16H26N2O/c1-6-17-15(19)13-7-8-14(12(2)11-13)18-10-9-16(3,4)5/h7-8,11,18H,6,9-10H2,1-5H3,(H,17,19). The Morgan fingerprint density at radius 1 is 1.26 bits per heavy atom. The normalized spacial score (nSPS) is 11.2. The predicted octanol–water partition coefficient (Wildman–Crippen LogP) is 3.59. The van der Waals surface area contributed by atoms with Crippen LogP contribution in [0, 0.1) is 12.3 Å². The summed E-state index contributed by atoms with van der Waals surface area (Å²) in [6.07, 6.45) is 1.12. The highest BCUT2D eigenvalue weighted by molar-refractivity contribution is 5.94. The molecule has 0 fully saturated rings. The van der Waals surface area contributed by atoms with Crippen molar-refractivity contribution in [3.05, 3.63) is 29.3 Å². The van der Waals surface area contributed by atoms with Crippen LogP contribution in [-0.2, 0) is 0 Å². The lowest BCUT2D eigenvalue weighted by Crippen LogP contribution is -2.22. The molecule has 19 heavy (non-hydrogen) atoms. The average Bonchev–Trinajstić information content (AvgIpc) is 2.30. The number of anilines is 1. The van der Waals surface area contributed by atoms with Gasteiger partial charge in [-0.05, 0) is 49.4 Å². The molecule has 0 bridgehead atoms. The van der Waals surface area contributed by atoms with E-state index in [0.29, 0.717) is 12.0 Å². The number of benzene rings is 1. The second kappa shape index (κ2) is 6.60. The van der Waals surface area contributed by atoms with E-state index in [4.69, 9.17) is 0 Å². The van der Waals surface area contributed by atoms with Gasteiger partial charge in [0.2, 0.25) is 0 Å². The molecule has 0 aliphatic heterocycles. The van der Waals surface area contributed by atoms with Gasteiger partial charge in [0.1, 0.15) is 0 Å². The van der Waals surface area contributed by atoms with Gasteiger partial charge in [-0.2, -0.15) is 0 Å². The van der Waals surface area contributed by atoms with Gasteiger partial charge in [0.05, 0.1) is 0 Å². The smallest absolute Gasteiger partial charge is 0.251 e. The fourth-order valence-electron chi connectivity index (χ4n) is 1.84. The van der Waals surface area contributed by atoms with Gasteiger partial charge >= 0.3 is 0 Å². The summed E-state index contributed by atoms with van der Waals surface area (Å²) in [5.74, 6) is -0.00755. The lowest BCUT2D eigenvalue weighted by molar-refractivity contribution is 0.0956. The Hall–Kier alpha value is -1.51. The zero-order valence-corrected chi connectivity index (χ0v) is 12.8. The van der Waals surface area contributed by atoms with Gasteiger partial charge < -0.3 is 10.6 Å². The third kappa shape index (κ3) is 5.33. The number of rotatable bonds is 5. The van der Waals surface area contributed by atoms with Crippen LogP contribution in [0.25, 0.3) is 0 Å². The Morgan fingerprint density at radius 3 is 2.47 bits per heavy atom. The maximum Gasteiger partial charge on any atom is 0.251 e. The van der Waals surface area contributed by atoms with E-state index in [9.17, 15) is 4.79 Å². The molecule has 1 amide bonds. The van der Waals surface area contributed by atoms with Crippen molar-refractivity contribution >= 4 is 11.6 Å². The largest absolute Gasteiger partial charge is 0.385 e. The van der Waals surface area contributed by atoms with Crippen molar-refractivity contribution in [3.8, 4) is 0 Å². The van der Waals surface area contributed by atoms with Crippen molar-refractivity contribution in [2.75, 3.05) is 18.4 Å². The van der Waals surface area contributed by atoms with Crippen molar-refractivity contribution in [1.82, 2.24) is 5.32 Å². The maximum absolute atomic E-state index is 11.7. The van der Waals surface area contributed by atoms with Gasteiger partial charge in [0.15, 0.2) is 0 Å². The summed E-state index contributed by atoms with van der Waals surface area (Å²) in [6.45, 7) is 12.3. The third-order valence-corrected chi connectivity index (χ3v) is 3.02. The quantitative estimate of drug-likeness (QED) is 0.851. The highest BCUT2D eigenvalue weighted by atomic mass is 16.1. The fraction of sp³-hybridized carbons (Fsp3) is 0.562. The molecule has 0 heterocycles. The van der Waals surface area contributed by atoms with Gasteiger partial charge in [0.25, 0.3) is 5.91 Å². The van der Waals surface area contributed by atoms with E-state index < -0.39 is 0 Å². The van der Waals surface area contributed by atoms with Crippen LogP contribution >= 0.6 is 0 Å². The van der Waals surface area contributed by atoms with Crippen molar-refractivity contribution in [3.63, 3.8) is 0 Å². The lowest BCUT2D eigenvalue weighted by Gasteiger charge is -2.19. The molecule has 0 spiro atoms. The van der Waals surface area contributed by atoms with E-state index in [1.807, 2.05) is 32.0 Å². The number of amides is 1. The molecular weight excluding hydrogens is 236 g/mol. The average molecular weight is 262 g/mol. The van der Waals surface area contributed by atoms with Crippen LogP contribution in [0.15, 0.2) is 18.2 Å². The summed E-state index contributed by atoms with van der Waals surface area (Å²) in [6, 6.07) is 5.80. The Morgan fingerprint density at radius 2 is 1.95 bits per heavy atom. The van der Waals surface area contributed by atoms with Gasteiger partial charge in [0, 0.05) is 24.3 Å². The molecule has 0 aliphatic rings. The molecule has 0 saturated heterocycles. The molecule has 1 aromatic carbocycles. The first-order valence-corrected chi connectivity index (χ1v) is 6.96. The van der Waals surface area contributed by atoms with Crippen molar-refractivity contribution in [1.29, 1.82) is 0 Å². The fourth-order valence-corrected chi connectivity index (χ4v) is 1.84. The summed E-state index contributed by atoms with van der Waals surface area (Å²) < 4.78 is 0. The molecule has 0 unspecified atom stereocenters. The number of aryl methyl sites for hydroxylation is 1. The molecule has 2 N–H and O–H groups in total. The highest BCUT2D eigenvalue weighted by Crippen LogP contribution is 2.20. The molecule has 3 heteroatoms. The number of carbonyl (C=O) groups is 1. The predicted molar refractivity (Wildman–Crippen MR) is 81.7 cm³/mol. The lowest BCUT2D eigenvalue weighted by atomic mass is 9.92. The summed E-state index contributed by atoms with van der Waals surface area (Å²) in [5, 5.41) is 6.25. The molecule has 0 aliphatic carbocycles. The molecule has 1 rings (SSSR count). The van der Waals surface area contributed by atoms with Gasteiger partial charge in [-0.3, -0.25) is 4.79 Å². The van der Waals surface area contributed by atoms with Crippen LogP contribution in [0.5, 0.6) is 0 Å². The first-order chi connectivity index (χ1) is 8.83. The summed E-state index contributed by atoms with van der Waals surface area (Å²) in [5.41, 5.74) is 3.28. The minimum Gasteiger partial charge on any atom is -0.385 e. The van der Waals surface area contributed by atoms with Crippen LogP contribution < -0.4 is 10.6 Å². The summed E-state index contributed by atoms with van der Waals surface area (Å²) in [4.78, 5) is 11.7. The zero-order valence-electron chi connectivity index (χ0n) is 12.8. The zero-order chi connectivity index (χ0) is 14.5. The Labute approximate surface area is 116 Å². The molecule has 0 aromatic heterocycles. The first-order valence-electron chi connectivity index (χ1n) is 6.96. The van der Waals surface area contributed by atoms with Crippen molar-refractivity contribution in [2.24, 2.45) is 5.41 Å². The number of hydrogen-bond donors (Lipinski definition) is 2. The van der Waals surface area contributed by atoms with E-state index in [-0.39, 0.29) is 5.91 Å². The Kier molecular flexibility index (Phi) is 5.40. The Bertz CT molecular complexity index is 433. The van der Waals surface area contributed by atoms with Crippen molar-refractivity contribution in [2.45, 2.75) is 41.0 Å². The SMILES string of the molecule is CCNC(=O)c1ccc(NCCC(C)(C)C)c(C)c1. The van der Waals surface area contributed by atoms with Crippen LogP contribution in [0.4, 0.5) is 5.69 Å². The first kappa shape index (κ1) is 15.5. The number of hydrogen-bond acceptors (Lipinski definition) is 2. The van der Waals surface area contributed by atoms with Crippen LogP contribution in [0.2, 0.25) is 0 Å². The Balaban J connectivity index is 2.65. The minimum atomic E-state index is -0.00755. The third-order valence-electron chi connectivity index (χ3n) is 3.02. The van der Waals surface area contributed by atoms with E-state index in [1.54, 1.807) is 0 Å². The molecular formula is C16H26N2O. The van der Waals surface area contributed by atoms with Crippen LogP contribution in [0.1, 0.15) is 50.0 Å². The topological polar surface area (TPSA) is 41.1 Å². The number of carbonyl (C=O) groups excluding carboxylic acids is 1.